The molecule has 2 aromatic carbocycles. The van der Waals surface area contributed by atoms with Crippen LogP contribution in [0.1, 0.15) is 10.4 Å². The van der Waals surface area contributed by atoms with E-state index < -0.39 is 10.9 Å². The monoisotopic (exact) mass is 287 g/mol. The third-order valence-corrected chi connectivity index (χ3v) is 2.60. The normalized spacial score (nSPS) is 11.1. The number of carboxylic acid groups (broad SMARTS) is 1. The molecule has 0 bridgehead atoms. The van der Waals surface area contributed by atoms with Crippen LogP contribution in [0.25, 0.3) is 0 Å². The van der Waals surface area contributed by atoms with E-state index in [1.54, 1.807) is 0 Å². The number of benzene rings is 2. The van der Waals surface area contributed by atoms with Crippen LogP contribution in [0.3, 0.4) is 0 Å². The second-order valence-electron chi connectivity index (χ2n) is 4.00. The molecule has 0 aliphatic heterocycles. The molecule has 8 heteroatoms. The summed E-state index contributed by atoms with van der Waals surface area (Å²) in [4.78, 5) is 20.9. The summed E-state index contributed by atoms with van der Waals surface area (Å²) in [7, 11) is 0. The highest BCUT2D eigenvalue weighted by Crippen LogP contribution is 2.21. The van der Waals surface area contributed by atoms with Crippen molar-refractivity contribution in [1.82, 2.24) is 0 Å². The highest BCUT2D eigenvalue weighted by atomic mass is 16.6. The Morgan fingerprint density at radius 1 is 0.952 bits per heavy atom. The Morgan fingerprint density at radius 3 is 1.95 bits per heavy atom. The predicted molar refractivity (Wildman–Crippen MR) is 71.9 cm³/mol. The molecule has 0 aromatic heterocycles. The van der Waals surface area contributed by atoms with Crippen LogP contribution in [-0.4, -0.2) is 20.9 Å². The Bertz CT molecular complexity index is 708. The quantitative estimate of drug-likeness (QED) is 0.400. The number of non-ortho nitro benzene ring substituents is 1. The summed E-state index contributed by atoms with van der Waals surface area (Å²) < 4.78 is 0. The van der Waals surface area contributed by atoms with Crippen molar-refractivity contribution in [3.05, 3.63) is 69.4 Å². The Morgan fingerprint density at radius 2 is 1.48 bits per heavy atom. The summed E-state index contributed by atoms with van der Waals surface area (Å²) in [5.41, 5.74) is 0.357. The van der Waals surface area contributed by atoms with Gasteiger partial charge in [-0.2, -0.15) is 0 Å². The van der Waals surface area contributed by atoms with E-state index in [0.717, 1.165) is 0 Å². The summed E-state index contributed by atoms with van der Waals surface area (Å²) in [6, 6.07) is 10.4. The highest BCUT2D eigenvalue weighted by Gasteiger charge is 2.09. The van der Waals surface area contributed by atoms with Crippen molar-refractivity contribution < 1.29 is 19.7 Å². The van der Waals surface area contributed by atoms with Crippen molar-refractivity contribution in [2.24, 2.45) is 5.11 Å². The van der Waals surface area contributed by atoms with Crippen LogP contribution in [0, 0.1) is 15.3 Å². The van der Waals surface area contributed by atoms with Gasteiger partial charge in [0.1, 0.15) is 5.69 Å². The van der Waals surface area contributed by atoms with Gasteiger partial charge in [-0.3, -0.25) is 10.1 Å². The molecule has 0 unspecified atom stereocenters. The molecule has 2 rings (SSSR count). The number of azo groups is 1. The maximum Gasteiger partial charge on any atom is 0.335 e. The molecule has 0 radical (unpaired) electrons. The maximum absolute atomic E-state index is 11.8. The fourth-order valence-corrected chi connectivity index (χ4v) is 1.54. The smallest absolute Gasteiger partial charge is 0.335 e. The number of carbonyl (C=O) groups is 1. The third kappa shape index (κ3) is 3.38. The lowest BCUT2D eigenvalue weighted by molar-refractivity contribution is -0.435. The summed E-state index contributed by atoms with van der Waals surface area (Å²) >= 11 is 0. The minimum Gasteiger partial charge on any atom is -0.594 e. The SMILES string of the molecule is O=C(O)c1ccc([N+]([O-])=Nc2ccc([N+](=O)[O-])cc2)cc1. The van der Waals surface area contributed by atoms with Crippen LogP contribution in [0.4, 0.5) is 17.1 Å². The molecule has 1 N–H and O–H groups in total. The number of hydrogen-bond donors (Lipinski definition) is 1. The van der Waals surface area contributed by atoms with E-state index in [0.29, 0.717) is 4.86 Å². The first-order chi connectivity index (χ1) is 9.97. The van der Waals surface area contributed by atoms with Gasteiger partial charge in [0.25, 0.3) is 5.69 Å². The van der Waals surface area contributed by atoms with Crippen molar-refractivity contribution in [3.8, 4) is 0 Å². The first-order valence-corrected chi connectivity index (χ1v) is 5.74. The van der Waals surface area contributed by atoms with Crippen LogP contribution in [0.5, 0.6) is 0 Å². The molecule has 0 aliphatic rings. The van der Waals surface area contributed by atoms with E-state index in [4.69, 9.17) is 5.11 Å². The molecule has 0 heterocycles. The van der Waals surface area contributed by atoms with E-state index in [-0.39, 0.29) is 22.6 Å². The number of aromatic carboxylic acids is 1. The van der Waals surface area contributed by atoms with E-state index in [1.165, 1.54) is 48.5 Å². The standard InChI is InChI=1S/C13H9N3O5/c17-13(18)9-1-5-11(6-2-9)15(19)14-10-3-7-12(8-4-10)16(20)21/h1-8H,(H,17,18). The lowest BCUT2D eigenvalue weighted by Gasteiger charge is -2.00. The number of nitro groups is 1. The van der Waals surface area contributed by atoms with Crippen LogP contribution >= 0.6 is 0 Å². The molecular formula is C13H9N3O5. The van der Waals surface area contributed by atoms with Gasteiger partial charge in [0.05, 0.1) is 10.5 Å². The summed E-state index contributed by atoms with van der Waals surface area (Å²) in [6.45, 7) is 0. The Labute approximate surface area is 118 Å². The molecule has 2 aromatic rings. The number of nitro benzene ring substituents is 1. The molecule has 8 nitrogen and oxygen atoms in total. The number of carboxylic acids is 1. The molecule has 0 fully saturated rings. The van der Waals surface area contributed by atoms with E-state index in [2.05, 4.69) is 5.11 Å². The predicted octanol–water partition coefficient (Wildman–Crippen LogP) is 3.22. The average molecular weight is 287 g/mol. The zero-order valence-electron chi connectivity index (χ0n) is 10.5. The fraction of sp³-hybridized carbons (Fsp3) is 0. The van der Waals surface area contributed by atoms with Crippen LogP contribution in [-0.2, 0) is 0 Å². The molecule has 0 aliphatic carbocycles. The topological polar surface area (TPSA) is 119 Å². The Balaban J connectivity index is 2.23. The molecule has 106 valence electrons. The van der Waals surface area contributed by atoms with Gasteiger partial charge in [-0.05, 0) is 24.3 Å². The van der Waals surface area contributed by atoms with Crippen molar-refractivity contribution in [3.63, 3.8) is 0 Å². The number of hydrogen-bond acceptors (Lipinski definition) is 5. The average Bonchev–Trinajstić information content (AvgIpc) is 2.47. The molecule has 0 saturated carbocycles. The molecule has 0 atom stereocenters. The van der Waals surface area contributed by atoms with Crippen LogP contribution in [0.2, 0.25) is 0 Å². The third-order valence-electron chi connectivity index (χ3n) is 2.60. The summed E-state index contributed by atoms with van der Waals surface area (Å²) in [6.07, 6.45) is 0. The fourth-order valence-electron chi connectivity index (χ4n) is 1.54. The van der Waals surface area contributed by atoms with Gasteiger partial charge in [0, 0.05) is 29.4 Å². The second kappa shape index (κ2) is 5.78. The van der Waals surface area contributed by atoms with Gasteiger partial charge in [-0.1, -0.05) is 4.86 Å². The maximum atomic E-state index is 11.8. The highest BCUT2D eigenvalue weighted by molar-refractivity contribution is 5.87. The molecule has 0 saturated heterocycles. The van der Waals surface area contributed by atoms with Gasteiger partial charge in [-0.15, -0.1) is 0 Å². The van der Waals surface area contributed by atoms with Crippen LogP contribution in [0.15, 0.2) is 53.6 Å². The molecule has 0 spiro atoms. The van der Waals surface area contributed by atoms with Crippen LogP contribution < -0.4 is 0 Å². The Kier molecular flexibility index (Phi) is 3.89. The van der Waals surface area contributed by atoms with Crippen molar-refractivity contribution in [2.45, 2.75) is 0 Å². The minimum atomic E-state index is -1.09. The number of nitrogens with zero attached hydrogens (tertiary/aromatic N) is 3. The summed E-state index contributed by atoms with van der Waals surface area (Å²) in [5.74, 6) is -1.09. The van der Waals surface area contributed by atoms with Gasteiger partial charge in [0.15, 0.2) is 0 Å². The van der Waals surface area contributed by atoms with Gasteiger partial charge < -0.3 is 10.3 Å². The molecular weight excluding hydrogens is 278 g/mol. The lowest BCUT2D eigenvalue weighted by Crippen LogP contribution is -1.96. The zero-order chi connectivity index (χ0) is 15.4. The first kappa shape index (κ1) is 14.1. The van der Waals surface area contributed by atoms with E-state index in [9.17, 15) is 20.1 Å². The van der Waals surface area contributed by atoms with Crippen molar-refractivity contribution >= 4 is 23.0 Å². The minimum absolute atomic E-state index is 0.0579. The van der Waals surface area contributed by atoms with Gasteiger partial charge >= 0.3 is 5.97 Å². The first-order valence-electron chi connectivity index (χ1n) is 5.74. The lowest BCUT2D eigenvalue weighted by atomic mass is 10.2. The Hall–Kier alpha value is -3.29. The zero-order valence-corrected chi connectivity index (χ0v) is 10.5. The largest absolute Gasteiger partial charge is 0.594 e. The second-order valence-corrected chi connectivity index (χ2v) is 4.00. The van der Waals surface area contributed by atoms with Gasteiger partial charge in [0.2, 0.25) is 5.69 Å². The summed E-state index contributed by atoms with van der Waals surface area (Å²) in [5, 5.41) is 34.7. The molecule has 0 amide bonds. The van der Waals surface area contributed by atoms with E-state index in [1.807, 2.05) is 0 Å². The van der Waals surface area contributed by atoms with Crippen molar-refractivity contribution in [2.75, 3.05) is 0 Å². The van der Waals surface area contributed by atoms with Crippen molar-refractivity contribution in [1.29, 1.82) is 0 Å². The van der Waals surface area contributed by atoms with Gasteiger partial charge in [-0.25, -0.2) is 4.79 Å². The molecule has 21 heavy (non-hydrogen) atoms. The number of rotatable bonds is 4. The van der Waals surface area contributed by atoms with E-state index >= 15 is 0 Å².